The number of pyridine rings is 2. The van der Waals surface area contributed by atoms with E-state index in [2.05, 4.69) is 23.8 Å². The monoisotopic (exact) mass is 489 g/mol. The van der Waals surface area contributed by atoms with Crippen LogP contribution in [-0.2, 0) is 13.5 Å². The standard InChI is InChI=1S/C28H32ClN5O/c1-7-23(19(4)32-25-10-9-15-31-24(25)8-2)26(30)27(20-11-13-21(29)14-12-20)34(6)22-16-18(3)28(35)33(5)17-22/h7,9-17,27,30,32H,1,8H2,2-6H3/b23-19-,30-26?. The van der Waals surface area contributed by atoms with Gasteiger partial charge in [0.05, 0.1) is 28.8 Å². The quantitative estimate of drug-likeness (QED) is 0.282. The second-order valence-corrected chi connectivity index (χ2v) is 8.93. The van der Waals surface area contributed by atoms with E-state index in [-0.39, 0.29) is 5.56 Å². The van der Waals surface area contributed by atoms with Crippen LogP contribution in [0, 0.1) is 12.3 Å². The summed E-state index contributed by atoms with van der Waals surface area (Å²) in [7, 11) is 3.66. The van der Waals surface area contributed by atoms with Crippen molar-refractivity contribution in [2.45, 2.75) is 33.2 Å². The van der Waals surface area contributed by atoms with E-state index in [0.29, 0.717) is 21.9 Å². The highest BCUT2D eigenvalue weighted by Crippen LogP contribution is 2.31. The molecule has 2 aromatic heterocycles. The molecule has 1 unspecified atom stereocenters. The zero-order valence-corrected chi connectivity index (χ0v) is 21.6. The molecule has 0 saturated carbocycles. The van der Waals surface area contributed by atoms with Crippen molar-refractivity contribution in [3.8, 4) is 0 Å². The number of aryl methyl sites for hydroxylation is 3. The minimum absolute atomic E-state index is 0.0461. The lowest BCUT2D eigenvalue weighted by atomic mass is 9.93. The summed E-state index contributed by atoms with van der Waals surface area (Å²) in [5.74, 6) is 0. The van der Waals surface area contributed by atoms with Crippen molar-refractivity contribution in [2.75, 3.05) is 17.3 Å². The van der Waals surface area contributed by atoms with Crippen LogP contribution in [0.5, 0.6) is 0 Å². The molecule has 0 spiro atoms. The molecule has 3 aromatic rings. The molecule has 7 heteroatoms. The Morgan fingerprint density at radius 2 is 2.00 bits per heavy atom. The molecule has 35 heavy (non-hydrogen) atoms. The van der Waals surface area contributed by atoms with Crippen molar-refractivity contribution in [3.63, 3.8) is 0 Å². The van der Waals surface area contributed by atoms with Crippen LogP contribution in [0.15, 0.2) is 83.6 Å². The summed E-state index contributed by atoms with van der Waals surface area (Å²) in [4.78, 5) is 18.7. The van der Waals surface area contributed by atoms with Crippen LogP contribution in [0.1, 0.15) is 36.7 Å². The molecule has 3 rings (SSSR count). The van der Waals surface area contributed by atoms with Gasteiger partial charge in [-0.15, -0.1) is 0 Å². The number of halogens is 1. The molecule has 0 amide bonds. The SMILES string of the molecule is C=C/C(C(=N)C(c1ccc(Cl)cc1)N(C)c1cc(C)c(=O)n(C)c1)=C(\C)Nc1cccnc1CC. The molecule has 0 aliphatic heterocycles. The lowest BCUT2D eigenvalue weighted by Gasteiger charge is -2.32. The Kier molecular flexibility index (Phi) is 8.30. The van der Waals surface area contributed by atoms with Crippen LogP contribution in [0.4, 0.5) is 11.4 Å². The maximum absolute atomic E-state index is 12.3. The first-order chi connectivity index (χ1) is 16.7. The van der Waals surface area contributed by atoms with Gasteiger partial charge in [0, 0.05) is 48.3 Å². The van der Waals surface area contributed by atoms with Crippen molar-refractivity contribution < 1.29 is 0 Å². The summed E-state index contributed by atoms with van der Waals surface area (Å²) in [6.45, 7) is 9.80. The smallest absolute Gasteiger partial charge is 0.253 e. The van der Waals surface area contributed by atoms with Crippen molar-refractivity contribution >= 4 is 28.7 Å². The van der Waals surface area contributed by atoms with Crippen LogP contribution in [0.25, 0.3) is 0 Å². The van der Waals surface area contributed by atoms with Crippen LogP contribution in [0.2, 0.25) is 5.02 Å². The highest BCUT2D eigenvalue weighted by Gasteiger charge is 2.26. The third kappa shape index (κ3) is 5.72. The van der Waals surface area contributed by atoms with Crippen LogP contribution < -0.4 is 15.8 Å². The van der Waals surface area contributed by atoms with Crippen molar-refractivity contribution in [3.05, 3.63) is 111 Å². The summed E-state index contributed by atoms with van der Waals surface area (Å²) in [6, 6.07) is 12.8. The van der Waals surface area contributed by atoms with E-state index >= 15 is 0 Å². The average molecular weight is 490 g/mol. The van der Waals surface area contributed by atoms with Gasteiger partial charge in [0.15, 0.2) is 0 Å². The second-order valence-electron chi connectivity index (χ2n) is 8.50. The fraction of sp³-hybridized carbons (Fsp3) is 0.250. The van der Waals surface area contributed by atoms with E-state index in [1.54, 1.807) is 37.0 Å². The molecule has 0 aliphatic carbocycles. The molecule has 0 saturated heterocycles. The number of allylic oxidation sites excluding steroid dienone is 2. The Bertz CT molecular complexity index is 1300. The van der Waals surface area contributed by atoms with Crippen molar-refractivity contribution in [1.82, 2.24) is 9.55 Å². The van der Waals surface area contributed by atoms with Crippen molar-refractivity contribution in [2.24, 2.45) is 7.05 Å². The summed E-state index contributed by atoms with van der Waals surface area (Å²) in [6.07, 6.45) is 6.06. The topological polar surface area (TPSA) is 74.0 Å². The number of nitrogens with zero attached hydrogens (tertiary/aromatic N) is 3. The summed E-state index contributed by atoms with van der Waals surface area (Å²) < 4.78 is 1.56. The summed E-state index contributed by atoms with van der Waals surface area (Å²) in [5, 5.41) is 13.3. The van der Waals surface area contributed by atoms with Gasteiger partial charge >= 0.3 is 0 Å². The third-order valence-corrected chi connectivity index (χ3v) is 6.30. The molecule has 182 valence electrons. The van der Waals surface area contributed by atoms with Gasteiger partial charge in [-0.25, -0.2) is 0 Å². The maximum atomic E-state index is 12.3. The van der Waals surface area contributed by atoms with E-state index in [1.807, 2.05) is 61.3 Å². The Hall–Kier alpha value is -3.64. The number of nitrogens with one attached hydrogen (secondary N) is 2. The third-order valence-electron chi connectivity index (χ3n) is 6.05. The normalized spacial score (nSPS) is 12.5. The van der Waals surface area contributed by atoms with Crippen LogP contribution in [0.3, 0.4) is 0 Å². The molecule has 6 nitrogen and oxygen atoms in total. The molecule has 1 atom stereocenters. The van der Waals surface area contributed by atoms with E-state index in [4.69, 9.17) is 11.6 Å². The van der Waals surface area contributed by atoms with Gasteiger partial charge in [-0.1, -0.05) is 43.3 Å². The van der Waals surface area contributed by atoms with Crippen LogP contribution in [-0.4, -0.2) is 22.3 Å². The Morgan fingerprint density at radius 3 is 2.60 bits per heavy atom. The Morgan fingerprint density at radius 1 is 1.31 bits per heavy atom. The summed E-state index contributed by atoms with van der Waals surface area (Å²) in [5.41, 5.74) is 6.03. The van der Waals surface area contributed by atoms with Gasteiger partial charge in [0.1, 0.15) is 0 Å². The molecule has 2 N–H and O–H groups in total. The van der Waals surface area contributed by atoms with Crippen LogP contribution >= 0.6 is 11.6 Å². The predicted molar refractivity (Wildman–Crippen MR) is 147 cm³/mol. The number of anilines is 2. The van der Waals surface area contributed by atoms with Crippen molar-refractivity contribution in [1.29, 1.82) is 5.41 Å². The minimum atomic E-state index is -0.450. The zero-order valence-electron chi connectivity index (χ0n) is 20.9. The summed E-state index contributed by atoms with van der Waals surface area (Å²) >= 11 is 6.16. The van der Waals surface area contributed by atoms with Gasteiger partial charge in [-0.2, -0.15) is 0 Å². The van der Waals surface area contributed by atoms with E-state index < -0.39 is 6.04 Å². The Balaban J connectivity index is 2.10. The maximum Gasteiger partial charge on any atom is 0.253 e. The molecule has 0 fully saturated rings. The largest absolute Gasteiger partial charge is 0.361 e. The molecular formula is C28H32ClN5O. The fourth-order valence-corrected chi connectivity index (χ4v) is 4.27. The average Bonchev–Trinajstić information content (AvgIpc) is 2.84. The van der Waals surface area contributed by atoms with E-state index in [0.717, 1.165) is 34.8 Å². The van der Waals surface area contributed by atoms with Gasteiger partial charge in [0.2, 0.25) is 0 Å². The Labute approximate surface area is 212 Å². The lowest BCUT2D eigenvalue weighted by Crippen LogP contribution is -2.33. The van der Waals surface area contributed by atoms with Gasteiger partial charge in [0.25, 0.3) is 5.56 Å². The number of rotatable bonds is 9. The molecule has 0 radical (unpaired) electrons. The number of hydrogen-bond acceptors (Lipinski definition) is 5. The first-order valence-electron chi connectivity index (χ1n) is 11.5. The molecule has 1 aromatic carbocycles. The van der Waals surface area contributed by atoms with E-state index in [9.17, 15) is 10.2 Å². The first kappa shape index (κ1) is 26.0. The molecule has 0 bridgehead atoms. The number of aromatic nitrogens is 2. The molecule has 0 aliphatic rings. The lowest BCUT2D eigenvalue weighted by molar-refractivity contribution is 0.801. The fourth-order valence-electron chi connectivity index (χ4n) is 4.14. The molecular weight excluding hydrogens is 458 g/mol. The second kappa shape index (κ2) is 11.2. The highest BCUT2D eigenvalue weighted by atomic mass is 35.5. The highest BCUT2D eigenvalue weighted by molar-refractivity contribution is 6.30. The van der Waals surface area contributed by atoms with Gasteiger partial charge in [-0.05, 0) is 56.2 Å². The van der Waals surface area contributed by atoms with Gasteiger partial charge < -0.3 is 20.2 Å². The zero-order chi connectivity index (χ0) is 25.7. The number of hydrogen-bond donors (Lipinski definition) is 2. The van der Waals surface area contributed by atoms with Gasteiger partial charge in [-0.3, -0.25) is 9.78 Å². The molecule has 2 heterocycles. The number of benzene rings is 1. The van der Waals surface area contributed by atoms with E-state index in [1.165, 1.54) is 0 Å². The minimum Gasteiger partial charge on any atom is -0.361 e. The first-order valence-corrected chi connectivity index (χ1v) is 11.8. The predicted octanol–water partition coefficient (Wildman–Crippen LogP) is 6.07.